The highest BCUT2D eigenvalue weighted by molar-refractivity contribution is 4.74. The summed E-state index contributed by atoms with van der Waals surface area (Å²) in [6, 6.07) is 0. The molecule has 0 aromatic rings. The number of hydrogen-bond donors (Lipinski definition) is 0. The minimum atomic E-state index is 0.956. The first-order chi connectivity index (χ1) is 5.74. The van der Waals surface area contributed by atoms with Crippen LogP contribution in [0.2, 0.25) is 0 Å². The molecular weight excluding hydrogens is 144 g/mol. The monoisotopic (exact) mass is 168 g/mol. The average Bonchev–Trinajstić information content (AvgIpc) is 2.47. The van der Waals surface area contributed by atoms with Gasteiger partial charge in [-0.25, -0.2) is 0 Å². The minimum absolute atomic E-state index is 0.956. The smallest absolute Gasteiger partial charge is 0.0388 e. The van der Waals surface area contributed by atoms with Crippen molar-refractivity contribution < 1.29 is 0 Å². The lowest BCUT2D eigenvalue weighted by Crippen LogP contribution is -2.05. The Balaban J connectivity index is 2.13. The van der Waals surface area contributed by atoms with Crippen molar-refractivity contribution in [3.63, 3.8) is 0 Å². The zero-order valence-corrected chi connectivity index (χ0v) is 8.97. The fraction of sp³-hybridized carbons (Fsp3) is 1.00. The van der Waals surface area contributed by atoms with Gasteiger partial charge in [0.1, 0.15) is 0 Å². The van der Waals surface area contributed by atoms with Crippen LogP contribution in [0.15, 0.2) is 0 Å². The lowest BCUT2D eigenvalue weighted by atomic mass is 9.89. The highest BCUT2D eigenvalue weighted by atomic mass is 14.3. The second kappa shape index (κ2) is 4.89. The van der Waals surface area contributed by atoms with Gasteiger partial charge in [-0.1, -0.05) is 52.9 Å². The fourth-order valence-corrected chi connectivity index (χ4v) is 2.35. The Morgan fingerprint density at radius 1 is 1.33 bits per heavy atom. The summed E-state index contributed by atoms with van der Waals surface area (Å²) in [6.45, 7) is 7.14. The first-order valence-corrected chi connectivity index (χ1v) is 5.74. The van der Waals surface area contributed by atoms with Gasteiger partial charge in [-0.15, -0.1) is 0 Å². The SMILES string of the molecule is CCC(C)CCC1CCCC1C. The van der Waals surface area contributed by atoms with Gasteiger partial charge in [0.15, 0.2) is 0 Å². The molecule has 0 aliphatic heterocycles. The van der Waals surface area contributed by atoms with Crippen molar-refractivity contribution in [3.8, 4) is 0 Å². The molecule has 0 N–H and O–H groups in total. The Hall–Kier alpha value is 0. The van der Waals surface area contributed by atoms with E-state index in [9.17, 15) is 0 Å². The van der Waals surface area contributed by atoms with Crippen LogP contribution in [0.25, 0.3) is 0 Å². The quantitative estimate of drug-likeness (QED) is 0.588. The fourth-order valence-electron chi connectivity index (χ4n) is 2.35. The minimum Gasteiger partial charge on any atom is -0.0651 e. The van der Waals surface area contributed by atoms with E-state index in [1.165, 1.54) is 38.5 Å². The van der Waals surface area contributed by atoms with Crippen LogP contribution in [0.3, 0.4) is 0 Å². The van der Waals surface area contributed by atoms with Gasteiger partial charge < -0.3 is 0 Å². The summed E-state index contributed by atoms with van der Waals surface area (Å²) in [5.74, 6) is 3.05. The molecule has 1 fully saturated rings. The molecule has 1 rings (SSSR count). The molecule has 1 aliphatic rings. The summed E-state index contributed by atoms with van der Waals surface area (Å²) in [4.78, 5) is 0. The highest BCUT2D eigenvalue weighted by Gasteiger charge is 2.22. The Bertz CT molecular complexity index is 117. The Morgan fingerprint density at radius 2 is 2.08 bits per heavy atom. The Labute approximate surface area is 77.7 Å². The summed E-state index contributed by atoms with van der Waals surface area (Å²) in [7, 11) is 0. The third-order valence-corrected chi connectivity index (χ3v) is 3.77. The van der Waals surface area contributed by atoms with Crippen LogP contribution < -0.4 is 0 Å². The van der Waals surface area contributed by atoms with Gasteiger partial charge in [-0.05, 0) is 24.2 Å². The lowest BCUT2D eigenvalue weighted by Gasteiger charge is -2.17. The molecule has 0 spiro atoms. The maximum atomic E-state index is 2.44. The third kappa shape index (κ3) is 2.80. The van der Waals surface area contributed by atoms with Gasteiger partial charge in [0.25, 0.3) is 0 Å². The van der Waals surface area contributed by atoms with E-state index in [0.29, 0.717) is 0 Å². The van der Waals surface area contributed by atoms with Gasteiger partial charge >= 0.3 is 0 Å². The summed E-state index contributed by atoms with van der Waals surface area (Å²) in [5.41, 5.74) is 0. The largest absolute Gasteiger partial charge is 0.0651 e. The second-order valence-corrected chi connectivity index (χ2v) is 4.76. The molecule has 3 atom stereocenters. The molecule has 3 unspecified atom stereocenters. The molecular formula is C12H24. The van der Waals surface area contributed by atoms with E-state index in [0.717, 1.165) is 17.8 Å². The molecule has 72 valence electrons. The third-order valence-electron chi connectivity index (χ3n) is 3.77. The van der Waals surface area contributed by atoms with Gasteiger partial charge in [0.05, 0.1) is 0 Å². The lowest BCUT2D eigenvalue weighted by molar-refractivity contribution is 0.346. The molecule has 0 amide bonds. The number of rotatable bonds is 4. The molecule has 1 aliphatic carbocycles. The van der Waals surface area contributed by atoms with Crippen LogP contribution in [-0.2, 0) is 0 Å². The van der Waals surface area contributed by atoms with Crippen molar-refractivity contribution in [2.75, 3.05) is 0 Å². The highest BCUT2D eigenvalue weighted by Crippen LogP contribution is 2.35. The van der Waals surface area contributed by atoms with Crippen molar-refractivity contribution >= 4 is 0 Å². The Morgan fingerprint density at radius 3 is 2.58 bits per heavy atom. The summed E-state index contributed by atoms with van der Waals surface area (Å²) < 4.78 is 0. The van der Waals surface area contributed by atoms with E-state index < -0.39 is 0 Å². The average molecular weight is 168 g/mol. The van der Waals surface area contributed by atoms with Crippen molar-refractivity contribution in [1.82, 2.24) is 0 Å². The van der Waals surface area contributed by atoms with Gasteiger partial charge in [0, 0.05) is 0 Å². The summed E-state index contributed by atoms with van der Waals surface area (Å²) >= 11 is 0. The van der Waals surface area contributed by atoms with Gasteiger partial charge in [-0.2, -0.15) is 0 Å². The molecule has 0 aromatic carbocycles. The van der Waals surface area contributed by atoms with E-state index in [1.54, 1.807) is 0 Å². The van der Waals surface area contributed by atoms with E-state index >= 15 is 0 Å². The molecule has 0 radical (unpaired) electrons. The van der Waals surface area contributed by atoms with E-state index in [1.807, 2.05) is 0 Å². The predicted octanol–water partition coefficient (Wildman–Crippen LogP) is 4.25. The van der Waals surface area contributed by atoms with Crippen molar-refractivity contribution in [2.45, 2.75) is 59.3 Å². The first kappa shape index (κ1) is 10.1. The zero-order chi connectivity index (χ0) is 8.97. The molecule has 12 heavy (non-hydrogen) atoms. The maximum Gasteiger partial charge on any atom is -0.0388 e. The van der Waals surface area contributed by atoms with Crippen LogP contribution in [0, 0.1) is 17.8 Å². The van der Waals surface area contributed by atoms with E-state index in [4.69, 9.17) is 0 Å². The van der Waals surface area contributed by atoms with Crippen molar-refractivity contribution in [2.24, 2.45) is 17.8 Å². The van der Waals surface area contributed by atoms with Crippen LogP contribution >= 0.6 is 0 Å². The van der Waals surface area contributed by atoms with E-state index in [2.05, 4.69) is 20.8 Å². The van der Waals surface area contributed by atoms with Crippen LogP contribution in [0.5, 0.6) is 0 Å². The molecule has 0 heterocycles. The van der Waals surface area contributed by atoms with Crippen LogP contribution in [0.4, 0.5) is 0 Å². The second-order valence-electron chi connectivity index (χ2n) is 4.76. The molecule has 0 heteroatoms. The van der Waals surface area contributed by atoms with Gasteiger partial charge in [-0.3, -0.25) is 0 Å². The van der Waals surface area contributed by atoms with Crippen molar-refractivity contribution in [3.05, 3.63) is 0 Å². The molecule has 0 saturated heterocycles. The van der Waals surface area contributed by atoms with Crippen LogP contribution in [0.1, 0.15) is 59.3 Å². The maximum absolute atomic E-state index is 2.44. The molecule has 0 aromatic heterocycles. The van der Waals surface area contributed by atoms with E-state index in [-0.39, 0.29) is 0 Å². The standard InChI is InChI=1S/C12H24/c1-4-10(2)8-9-12-7-5-6-11(12)3/h10-12H,4-9H2,1-3H3. The first-order valence-electron chi connectivity index (χ1n) is 5.74. The number of hydrogen-bond acceptors (Lipinski definition) is 0. The predicted molar refractivity (Wildman–Crippen MR) is 55.2 cm³/mol. The topological polar surface area (TPSA) is 0 Å². The molecule has 0 nitrogen and oxygen atoms in total. The summed E-state index contributed by atoms with van der Waals surface area (Å²) in [5, 5.41) is 0. The van der Waals surface area contributed by atoms with Crippen LogP contribution in [-0.4, -0.2) is 0 Å². The zero-order valence-electron chi connectivity index (χ0n) is 8.97. The van der Waals surface area contributed by atoms with Gasteiger partial charge in [0.2, 0.25) is 0 Å². The normalized spacial score (nSPS) is 32.2. The molecule has 0 bridgehead atoms. The summed E-state index contributed by atoms with van der Waals surface area (Å²) in [6.07, 6.45) is 8.82. The Kier molecular flexibility index (Phi) is 4.11. The van der Waals surface area contributed by atoms with Crippen molar-refractivity contribution in [1.29, 1.82) is 0 Å². The molecule has 1 saturated carbocycles.